The second kappa shape index (κ2) is 13.3. The van der Waals surface area contributed by atoms with Gasteiger partial charge in [-0.2, -0.15) is 0 Å². The Labute approximate surface area is 273 Å². The number of hydrogen-bond acceptors (Lipinski definition) is 10. The third-order valence-corrected chi connectivity index (χ3v) is 10.1. The first kappa shape index (κ1) is 35.4. The van der Waals surface area contributed by atoms with Crippen molar-refractivity contribution >= 4 is 53.4 Å². The number of H-pyrrole nitrogens is 1. The first-order valence-corrected chi connectivity index (χ1v) is 17.6. The summed E-state index contributed by atoms with van der Waals surface area (Å²) < 4.78 is 86.2. The molecule has 0 aliphatic rings. The first-order valence-electron chi connectivity index (χ1n) is 14.3. The van der Waals surface area contributed by atoms with Crippen molar-refractivity contribution < 1.29 is 40.2 Å². The Balaban J connectivity index is 1.98. The van der Waals surface area contributed by atoms with Gasteiger partial charge in [0.15, 0.2) is 5.03 Å². The van der Waals surface area contributed by atoms with Crippen LogP contribution in [0.1, 0.15) is 40.2 Å². The predicted octanol–water partition coefficient (Wildman–Crippen LogP) is 5.87. The number of nitrogens with one attached hydrogen (secondary N) is 1. The number of benzene rings is 2. The lowest BCUT2D eigenvalue weighted by Gasteiger charge is -2.25. The Hall–Kier alpha value is -4.50. The van der Waals surface area contributed by atoms with Crippen LogP contribution in [0.4, 0.5) is 14.9 Å². The van der Waals surface area contributed by atoms with Gasteiger partial charge in [-0.25, -0.2) is 36.0 Å². The smallest absolute Gasteiger partial charge is 0.414 e. The molecule has 2 heterocycles. The van der Waals surface area contributed by atoms with Gasteiger partial charge in [-0.15, -0.1) is 0 Å². The average molecular weight is 689 g/mol. The molecule has 0 fully saturated rings. The summed E-state index contributed by atoms with van der Waals surface area (Å²) in [6.45, 7) is 8.30. The van der Waals surface area contributed by atoms with Crippen molar-refractivity contribution in [3.05, 3.63) is 71.3 Å². The molecule has 0 atom stereocenters. The predicted molar refractivity (Wildman–Crippen MR) is 176 cm³/mol. The Morgan fingerprint density at radius 3 is 2.26 bits per heavy atom. The summed E-state index contributed by atoms with van der Waals surface area (Å²) in [5.41, 5.74) is -0.126. The van der Waals surface area contributed by atoms with E-state index in [1.54, 1.807) is 71.0 Å². The molecule has 2 aromatic heterocycles. The van der Waals surface area contributed by atoms with Gasteiger partial charge in [-0.05, 0) is 70.5 Å². The summed E-state index contributed by atoms with van der Waals surface area (Å²) in [7, 11) is -4.37. The van der Waals surface area contributed by atoms with E-state index in [0.29, 0.717) is 22.6 Å². The highest BCUT2D eigenvalue weighted by Gasteiger charge is 2.31. The molecule has 0 aliphatic heterocycles. The van der Waals surface area contributed by atoms with Crippen LogP contribution in [-0.4, -0.2) is 70.5 Å². The SMILES string of the molecule is COC(C)=CC=C(C)CS(=O)(=O)c1nc(S(=O)(=O)Cc2ccc(OC)cc2)c2c(n1)[nH]c1c(N(C)C(=O)OC(C)(C)C)cc(F)cc12. The van der Waals surface area contributed by atoms with Crippen LogP contribution in [0, 0.1) is 5.82 Å². The lowest BCUT2D eigenvalue weighted by atomic mass is 10.1. The number of sulfone groups is 2. The molecule has 0 saturated carbocycles. The van der Waals surface area contributed by atoms with E-state index in [2.05, 4.69) is 15.0 Å². The van der Waals surface area contributed by atoms with Crippen LogP contribution >= 0.6 is 0 Å². The molecule has 1 N–H and O–H groups in total. The number of allylic oxidation sites excluding steroid dienone is 3. The number of amides is 1. The number of aromatic nitrogens is 3. The van der Waals surface area contributed by atoms with E-state index in [-0.39, 0.29) is 27.6 Å². The van der Waals surface area contributed by atoms with Crippen LogP contribution < -0.4 is 9.64 Å². The molecule has 252 valence electrons. The first-order chi connectivity index (χ1) is 21.8. The lowest BCUT2D eigenvalue weighted by molar-refractivity contribution is 0.0589. The summed E-state index contributed by atoms with van der Waals surface area (Å²) in [5, 5.41) is -1.46. The fraction of sp³-hybridized carbons (Fsp3) is 0.344. The number of fused-ring (bicyclic) bond motifs is 3. The van der Waals surface area contributed by atoms with Crippen molar-refractivity contribution in [1.82, 2.24) is 15.0 Å². The van der Waals surface area contributed by atoms with E-state index in [9.17, 15) is 21.6 Å². The van der Waals surface area contributed by atoms with E-state index >= 15 is 4.39 Å². The second-order valence-corrected chi connectivity index (χ2v) is 15.7. The molecule has 4 rings (SSSR count). The zero-order valence-corrected chi connectivity index (χ0v) is 29.0. The minimum Gasteiger partial charge on any atom is -0.501 e. The number of carbonyl (C=O) groups excluding carboxylic acids is 1. The minimum atomic E-state index is -4.39. The zero-order chi connectivity index (χ0) is 34.9. The van der Waals surface area contributed by atoms with E-state index < -0.39 is 58.9 Å². The Morgan fingerprint density at radius 2 is 1.66 bits per heavy atom. The second-order valence-electron chi connectivity index (χ2n) is 11.9. The molecule has 0 saturated heterocycles. The molecule has 0 bridgehead atoms. The van der Waals surface area contributed by atoms with Gasteiger partial charge < -0.3 is 19.2 Å². The van der Waals surface area contributed by atoms with Crippen LogP contribution in [0.5, 0.6) is 5.75 Å². The van der Waals surface area contributed by atoms with Crippen molar-refractivity contribution in [2.24, 2.45) is 0 Å². The molecule has 2 aromatic carbocycles. The molecular formula is C32H37FN4O8S2. The molecule has 0 unspecified atom stereocenters. The summed E-state index contributed by atoms with van der Waals surface area (Å²) in [5.74, 6) is -0.819. The van der Waals surface area contributed by atoms with Gasteiger partial charge in [-0.1, -0.05) is 23.8 Å². The van der Waals surface area contributed by atoms with Gasteiger partial charge in [-0.3, -0.25) is 4.90 Å². The van der Waals surface area contributed by atoms with E-state index in [1.807, 2.05) is 0 Å². The van der Waals surface area contributed by atoms with Crippen LogP contribution in [0.2, 0.25) is 0 Å². The third-order valence-electron chi connectivity index (χ3n) is 6.91. The average Bonchev–Trinajstić information content (AvgIpc) is 3.36. The minimum absolute atomic E-state index is 0.00855. The van der Waals surface area contributed by atoms with Gasteiger partial charge in [0.05, 0.1) is 48.1 Å². The van der Waals surface area contributed by atoms with Crippen LogP contribution in [-0.2, 0) is 34.9 Å². The maximum Gasteiger partial charge on any atom is 0.414 e. The summed E-state index contributed by atoms with van der Waals surface area (Å²) in [6, 6.07) is 8.43. The number of ether oxygens (including phenoxy) is 3. The number of halogens is 1. The maximum absolute atomic E-state index is 15.2. The number of nitrogens with zero attached hydrogens (tertiary/aromatic N) is 3. The van der Waals surface area contributed by atoms with Crippen LogP contribution in [0.3, 0.4) is 0 Å². The summed E-state index contributed by atoms with van der Waals surface area (Å²) in [6.07, 6.45) is 2.35. The van der Waals surface area contributed by atoms with E-state index in [4.69, 9.17) is 14.2 Å². The Morgan fingerprint density at radius 1 is 1.00 bits per heavy atom. The molecular weight excluding hydrogens is 652 g/mol. The number of methoxy groups -OCH3 is 2. The fourth-order valence-corrected chi connectivity index (χ4v) is 7.45. The number of rotatable bonds is 10. The lowest BCUT2D eigenvalue weighted by Crippen LogP contribution is -2.34. The number of anilines is 1. The van der Waals surface area contributed by atoms with Crippen LogP contribution in [0.25, 0.3) is 21.9 Å². The molecule has 0 radical (unpaired) electrons. The normalized spacial score (nSPS) is 13.2. The number of aromatic amines is 1. The molecule has 1 amide bonds. The fourth-order valence-electron chi connectivity index (χ4n) is 4.60. The van der Waals surface area contributed by atoms with Crippen LogP contribution in [0.15, 0.2) is 70.1 Å². The molecule has 4 aromatic rings. The quantitative estimate of drug-likeness (QED) is 0.0924. The molecule has 0 aliphatic carbocycles. The molecule has 12 nitrogen and oxygen atoms in total. The summed E-state index contributed by atoms with van der Waals surface area (Å²) >= 11 is 0. The van der Waals surface area contributed by atoms with Crippen molar-refractivity contribution in [3.8, 4) is 5.75 Å². The monoisotopic (exact) mass is 688 g/mol. The Kier molecular flexibility index (Phi) is 10.0. The summed E-state index contributed by atoms with van der Waals surface area (Å²) in [4.78, 5) is 25.3. The molecule has 47 heavy (non-hydrogen) atoms. The zero-order valence-electron chi connectivity index (χ0n) is 27.3. The van der Waals surface area contributed by atoms with Gasteiger partial charge in [0.2, 0.25) is 19.7 Å². The molecule has 15 heteroatoms. The van der Waals surface area contributed by atoms with Gasteiger partial charge in [0.1, 0.15) is 22.8 Å². The van der Waals surface area contributed by atoms with Crippen molar-refractivity contribution in [3.63, 3.8) is 0 Å². The number of hydrogen-bond donors (Lipinski definition) is 1. The van der Waals surface area contributed by atoms with E-state index in [0.717, 1.165) is 17.0 Å². The Bertz CT molecular complexity index is 2120. The number of carbonyl (C=O) groups is 1. The third kappa shape index (κ3) is 8.08. The van der Waals surface area contributed by atoms with Gasteiger partial charge in [0, 0.05) is 12.4 Å². The highest BCUT2D eigenvalue weighted by molar-refractivity contribution is 7.91. The van der Waals surface area contributed by atoms with Gasteiger partial charge in [0.25, 0.3) is 5.16 Å². The molecule has 0 spiro atoms. The highest BCUT2D eigenvalue weighted by atomic mass is 32.2. The topological polar surface area (TPSA) is 158 Å². The van der Waals surface area contributed by atoms with Gasteiger partial charge >= 0.3 is 6.09 Å². The van der Waals surface area contributed by atoms with Crippen molar-refractivity contribution in [2.45, 2.75) is 56.2 Å². The maximum atomic E-state index is 15.2. The highest BCUT2D eigenvalue weighted by Crippen LogP contribution is 2.37. The largest absolute Gasteiger partial charge is 0.501 e. The van der Waals surface area contributed by atoms with Crippen molar-refractivity contribution in [1.29, 1.82) is 0 Å². The standard InChI is InChI=1S/C32H37FN4O8S2/c1-19(9-10-20(2)43-7)17-47(41,42)30-35-28-26(29(36-30)46(39,40)18-21-11-13-23(44-8)14-12-21)24-15-22(33)16-25(27(24)34-28)37(6)31(38)45-32(3,4)5/h9-16H,17-18H2,1-8H3,(H,34,35,36). The van der Waals surface area contributed by atoms with Crippen molar-refractivity contribution in [2.75, 3.05) is 31.9 Å². The van der Waals surface area contributed by atoms with E-state index in [1.165, 1.54) is 21.3 Å².